The molecule has 0 aliphatic heterocycles. The van der Waals surface area contributed by atoms with Crippen molar-refractivity contribution in [2.24, 2.45) is 5.10 Å². The molecule has 0 heterocycles. The van der Waals surface area contributed by atoms with Gasteiger partial charge < -0.3 is 9.47 Å². The van der Waals surface area contributed by atoms with Crippen LogP contribution in [0.1, 0.15) is 18.1 Å². The molecule has 0 saturated heterocycles. The lowest BCUT2D eigenvalue weighted by molar-refractivity contribution is -0.123. The molecule has 2 rings (SSSR count). The Bertz CT molecular complexity index is 715. The summed E-state index contributed by atoms with van der Waals surface area (Å²) in [4.78, 5) is 11.7. The van der Waals surface area contributed by atoms with E-state index in [2.05, 4.69) is 26.5 Å². The minimum absolute atomic E-state index is 0.0955. The highest BCUT2D eigenvalue weighted by molar-refractivity contribution is 9.10. The SMILES string of the molecule is CCOc1ccc(/C=N/NC(=O)COc2ccc(Br)c(C)c2)cc1. The second kappa shape index (κ2) is 9.08. The predicted octanol–water partition coefficient (Wildman–Crippen LogP) is 3.69. The molecule has 0 aliphatic carbocycles. The molecular formula is C18H19BrN2O3. The molecule has 6 heteroatoms. The molecule has 0 saturated carbocycles. The van der Waals surface area contributed by atoms with Crippen LogP contribution in [0.2, 0.25) is 0 Å². The van der Waals surface area contributed by atoms with Crippen LogP contribution in [0.4, 0.5) is 0 Å². The third-order valence-electron chi connectivity index (χ3n) is 3.09. The molecule has 2 aromatic rings. The van der Waals surface area contributed by atoms with Gasteiger partial charge in [-0.05, 0) is 67.4 Å². The van der Waals surface area contributed by atoms with Crippen LogP contribution < -0.4 is 14.9 Å². The maximum Gasteiger partial charge on any atom is 0.277 e. The molecule has 0 unspecified atom stereocenters. The van der Waals surface area contributed by atoms with E-state index in [9.17, 15) is 4.79 Å². The summed E-state index contributed by atoms with van der Waals surface area (Å²) in [6.45, 7) is 4.42. The third-order valence-corrected chi connectivity index (χ3v) is 3.98. The smallest absolute Gasteiger partial charge is 0.277 e. The summed E-state index contributed by atoms with van der Waals surface area (Å²) >= 11 is 3.42. The standard InChI is InChI=1S/C18H19BrN2O3/c1-3-23-15-6-4-14(5-7-15)11-20-21-18(22)12-24-16-8-9-17(19)13(2)10-16/h4-11H,3,12H2,1-2H3,(H,21,22)/b20-11+. The van der Waals surface area contributed by atoms with E-state index in [0.717, 1.165) is 21.3 Å². The molecule has 126 valence electrons. The zero-order valence-electron chi connectivity index (χ0n) is 13.6. The molecule has 0 atom stereocenters. The van der Waals surface area contributed by atoms with Crippen molar-refractivity contribution < 1.29 is 14.3 Å². The van der Waals surface area contributed by atoms with Crippen LogP contribution in [0.3, 0.4) is 0 Å². The summed E-state index contributed by atoms with van der Waals surface area (Å²) in [7, 11) is 0. The van der Waals surface area contributed by atoms with Gasteiger partial charge in [-0.3, -0.25) is 4.79 Å². The molecular weight excluding hydrogens is 372 g/mol. The number of halogens is 1. The summed E-state index contributed by atoms with van der Waals surface area (Å²) < 4.78 is 11.8. The molecule has 2 aromatic carbocycles. The Hall–Kier alpha value is -2.34. The van der Waals surface area contributed by atoms with E-state index < -0.39 is 0 Å². The van der Waals surface area contributed by atoms with Gasteiger partial charge in [0.1, 0.15) is 11.5 Å². The number of nitrogens with one attached hydrogen (secondary N) is 1. The molecule has 5 nitrogen and oxygen atoms in total. The average molecular weight is 391 g/mol. The van der Waals surface area contributed by atoms with Crippen LogP contribution in [-0.2, 0) is 4.79 Å². The number of carbonyl (C=O) groups excluding carboxylic acids is 1. The molecule has 0 fully saturated rings. The molecule has 0 bridgehead atoms. The average Bonchev–Trinajstić information content (AvgIpc) is 2.58. The van der Waals surface area contributed by atoms with Gasteiger partial charge in [0.25, 0.3) is 5.91 Å². The number of nitrogens with zero attached hydrogens (tertiary/aromatic N) is 1. The number of hydrogen-bond acceptors (Lipinski definition) is 4. The zero-order valence-corrected chi connectivity index (χ0v) is 15.2. The van der Waals surface area contributed by atoms with Gasteiger partial charge in [-0.15, -0.1) is 0 Å². The van der Waals surface area contributed by atoms with Gasteiger partial charge in [-0.1, -0.05) is 15.9 Å². The lowest BCUT2D eigenvalue weighted by Gasteiger charge is -2.06. The van der Waals surface area contributed by atoms with E-state index in [1.807, 2.05) is 50.2 Å². The van der Waals surface area contributed by atoms with E-state index in [0.29, 0.717) is 12.4 Å². The van der Waals surface area contributed by atoms with E-state index in [4.69, 9.17) is 9.47 Å². The van der Waals surface area contributed by atoms with Crippen LogP contribution in [-0.4, -0.2) is 25.3 Å². The van der Waals surface area contributed by atoms with E-state index in [1.54, 1.807) is 12.3 Å². The highest BCUT2D eigenvalue weighted by atomic mass is 79.9. The topological polar surface area (TPSA) is 59.9 Å². The van der Waals surface area contributed by atoms with Gasteiger partial charge >= 0.3 is 0 Å². The predicted molar refractivity (Wildman–Crippen MR) is 97.7 cm³/mol. The van der Waals surface area contributed by atoms with Crippen LogP contribution in [0.25, 0.3) is 0 Å². The highest BCUT2D eigenvalue weighted by Crippen LogP contribution is 2.21. The van der Waals surface area contributed by atoms with Crippen LogP contribution >= 0.6 is 15.9 Å². The maximum atomic E-state index is 11.7. The third kappa shape index (κ3) is 5.70. The molecule has 0 aliphatic rings. The van der Waals surface area contributed by atoms with E-state index in [1.165, 1.54) is 0 Å². The van der Waals surface area contributed by atoms with Crippen LogP contribution in [0, 0.1) is 6.92 Å². The first kappa shape index (κ1) is 18.0. The van der Waals surface area contributed by atoms with Gasteiger partial charge in [0.2, 0.25) is 0 Å². The van der Waals surface area contributed by atoms with Gasteiger partial charge in [-0.2, -0.15) is 5.10 Å². The minimum atomic E-state index is -0.322. The van der Waals surface area contributed by atoms with Crippen molar-refractivity contribution in [3.8, 4) is 11.5 Å². The van der Waals surface area contributed by atoms with Crippen LogP contribution in [0.15, 0.2) is 52.0 Å². The quantitative estimate of drug-likeness (QED) is 0.579. The number of hydrogen-bond donors (Lipinski definition) is 1. The maximum absolute atomic E-state index is 11.7. The summed E-state index contributed by atoms with van der Waals surface area (Å²) in [6.07, 6.45) is 1.57. The Labute approximate surface area is 149 Å². The fraction of sp³-hybridized carbons (Fsp3) is 0.222. The molecule has 0 radical (unpaired) electrons. The monoisotopic (exact) mass is 390 g/mol. The van der Waals surface area contributed by atoms with Crippen LogP contribution in [0.5, 0.6) is 11.5 Å². The Morgan fingerprint density at radius 3 is 2.54 bits per heavy atom. The first-order valence-corrected chi connectivity index (χ1v) is 8.31. The van der Waals surface area contributed by atoms with Gasteiger partial charge in [-0.25, -0.2) is 5.43 Å². The Morgan fingerprint density at radius 1 is 1.17 bits per heavy atom. The van der Waals surface area contributed by atoms with Crippen molar-refractivity contribution in [3.05, 3.63) is 58.1 Å². The van der Waals surface area contributed by atoms with Gasteiger partial charge in [0, 0.05) is 4.47 Å². The largest absolute Gasteiger partial charge is 0.494 e. The van der Waals surface area contributed by atoms with Crippen molar-refractivity contribution in [1.29, 1.82) is 0 Å². The number of ether oxygens (including phenoxy) is 2. The minimum Gasteiger partial charge on any atom is -0.494 e. The number of amides is 1. The Balaban J connectivity index is 1.78. The van der Waals surface area contributed by atoms with Gasteiger partial charge in [0.15, 0.2) is 6.61 Å². The summed E-state index contributed by atoms with van der Waals surface area (Å²) in [6, 6.07) is 13.0. The fourth-order valence-corrected chi connectivity index (χ4v) is 2.13. The fourth-order valence-electron chi connectivity index (χ4n) is 1.88. The van der Waals surface area contributed by atoms with Crippen molar-refractivity contribution in [2.45, 2.75) is 13.8 Å². The van der Waals surface area contributed by atoms with Crippen molar-refractivity contribution in [1.82, 2.24) is 5.43 Å². The number of aryl methyl sites for hydroxylation is 1. The Morgan fingerprint density at radius 2 is 1.88 bits per heavy atom. The zero-order chi connectivity index (χ0) is 17.4. The number of carbonyl (C=O) groups is 1. The number of benzene rings is 2. The first-order chi connectivity index (χ1) is 11.6. The summed E-state index contributed by atoms with van der Waals surface area (Å²) in [5, 5.41) is 3.91. The van der Waals surface area contributed by atoms with Crippen molar-refractivity contribution >= 4 is 28.1 Å². The van der Waals surface area contributed by atoms with Crippen molar-refractivity contribution in [3.63, 3.8) is 0 Å². The van der Waals surface area contributed by atoms with E-state index in [-0.39, 0.29) is 12.5 Å². The normalized spacial score (nSPS) is 10.6. The van der Waals surface area contributed by atoms with Crippen molar-refractivity contribution in [2.75, 3.05) is 13.2 Å². The molecule has 0 aromatic heterocycles. The molecule has 0 spiro atoms. The lowest BCUT2D eigenvalue weighted by atomic mass is 10.2. The lowest BCUT2D eigenvalue weighted by Crippen LogP contribution is -2.24. The highest BCUT2D eigenvalue weighted by Gasteiger charge is 2.03. The second-order valence-corrected chi connectivity index (χ2v) is 5.85. The molecule has 1 N–H and O–H groups in total. The molecule has 24 heavy (non-hydrogen) atoms. The van der Waals surface area contributed by atoms with Gasteiger partial charge in [0.05, 0.1) is 12.8 Å². The number of hydrazone groups is 1. The summed E-state index contributed by atoms with van der Waals surface area (Å²) in [5.41, 5.74) is 4.34. The number of rotatable bonds is 7. The second-order valence-electron chi connectivity index (χ2n) is 4.99. The molecule has 1 amide bonds. The summed E-state index contributed by atoms with van der Waals surface area (Å²) in [5.74, 6) is 1.12. The Kier molecular flexibility index (Phi) is 6.81. The van der Waals surface area contributed by atoms with E-state index >= 15 is 0 Å². The first-order valence-electron chi connectivity index (χ1n) is 7.52.